The van der Waals surface area contributed by atoms with Gasteiger partial charge in [-0.1, -0.05) is 18.2 Å². The van der Waals surface area contributed by atoms with Gasteiger partial charge >= 0.3 is 11.9 Å². The lowest BCUT2D eigenvalue weighted by Gasteiger charge is -2.16. The molecular formula is C23H22Br2N2O6. The lowest BCUT2D eigenvalue weighted by molar-refractivity contribution is 0.0549. The monoisotopic (exact) mass is 580 g/mol. The lowest BCUT2D eigenvalue weighted by atomic mass is 10.0. The Labute approximate surface area is 208 Å². The van der Waals surface area contributed by atoms with E-state index in [9.17, 15) is 9.59 Å². The quantitative estimate of drug-likeness (QED) is 0.327. The Bertz CT molecular complexity index is 1180. The number of aromatic nitrogens is 2. The molecule has 3 rings (SSSR count). The molecular weight excluding hydrogens is 560 g/mol. The molecule has 0 aliphatic heterocycles. The molecule has 10 heteroatoms. The lowest BCUT2D eigenvalue weighted by Crippen LogP contribution is -2.15. The van der Waals surface area contributed by atoms with Gasteiger partial charge in [-0.15, -0.1) is 0 Å². The molecule has 0 aliphatic rings. The van der Waals surface area contributed by atoms with Crippen molar-refractivity contribution in [1.82, 2.24) is 9.78 Å². The molecule has 0 atom stereocenters. The third kappa shape index (κ3) is 4.77. The van der Waals surface area contributed by atoms with Crippen molar-refractivity contribution >= 4 is 43.8 Å². The minimum absolute atomic E-state index is 0.0348. The molecule has 0 bridgehead atoms. The predicted octanol–water partition coefficient (Wildman–Crippen LogP) is 5.43. The molecule has 0 unspecified atom stereocenters. The molecule has 174 valence electrons. The van der Waals surface area contributed by atoms with E-state index in [2.05, 4.69) is 37.0 Å². The highest BCUT2D eigenvalue weighted by molar-refractivity contribution is 9.13. The molecule has 0 N–H and O–H groups in total. The van der Waals surface area contributed by atoms with Crippen LogP contribution in [0.15, 0.2) is 45.3 Å². The van der Waals surface area contributed by atoms with Gasteiger partial charge in [0.15, 0.2) is 17.2 Å². The number of carbonyl (C=O) groups excluding carboxylic acids is 2. The molecule has 8 nitrogen and oxygen atoms in total. The number of benzene rings is 2. The number of methoxy groups -OCH3 is 2. The largest absolute Gasteiger partial charge is 0.490 e. The van der Waals surface area contributed by atoms with Crippen molar-refractivity contribution in [2.75, 3.05) is 27.4 Å². The van der Waals surface area contributed by atoms with Gasteiger partial charge < -0.3 is 18.9 Å². The average molecular weight is 582 g/mol. The van der Waals surface area contributed by atoms with Crippen molar-refractivity contribution in [3.05, 3.63) is 56.6 Å². The van der Waals surface area contributed by atoms with Crippen LogP contribution in [-0.4, -0.2) is 49.2 Å². The van der Waals surface area contributed by atoms with Gasteiger partial charge in [-0.3, -0.25) is 0 Å². The molecule has 1 heterocycles. The minimum atomic E-state index is -0.734. The molecule has 0 amide bonds. The molecule has 0 saturated carbocycles. The van der Waals surface area contributed by atoms with E-state index in [0.29, 0.717) is 44.9 Å². The summed E-state index contributed by atoms with van der Waals surface area (Å²) in [5.74, 6) is -0.508. The van der Waals surface area contributed by atoms with Crippen molar-refractivity contribution in [1.29, 1.82) is 0 Å². The second-order valence-electron chi connectivity index (χ2n) is 6.55. The zero-order valence-electron chi connectivity index (χ0n) is 18.5. The van der Waals surface area contributed by atoms with E-state index in [1.54, 1.807) is 30.3 Å². The molecule has 1 aromatic heterocycles. The van der Waals surface area contributed by atoms with E-state index in [4.69, 9.17) is 18.9 Å². The average Bonchev–Trinajstić information content (AvgIpc) is 3.23. The van der Waals surface area contributed by atoms with Crippen LogP contribution in [0.4, 0.5) is 0 Å². The summed E-state index contributed by atoms with van der Waals surface area (Å²) in [5, 5.41) is 4.64. The van der Waals surface area contributed by atoms with Crippen LogP contribution in [0.3, 0.4) is 0 Å². The normalized spacial score (nSPS) is 10.6. The van der Waals surface area contributed by atoms with Gasteiger partial charge in [-0.05, 0) is 63.9 Å². The predicted molar refractivity (Wildman–Crippen MR) is 129 cm³/mol. The number of hydrogen-bond acceptors (Lipinski definition) is 7. The van der Waals surface area contributed by atoms with Gasteiger partial charge in [-0.25, -0.2) is 14.3 Å². The summed E-state index contributed by atoms with van der Waals surface area (Å²) in [4.78, 5) is 25.7. The van der Waals surface area contributed by atoms with Crippen molar-refractivity contribution in [2.45, 2.75) is 13.8 Å². The highest BCUT2D eigenvalue weighted by Gasteiger charge is 2.33. The van der Waals surface area contributed by atoms with Crippen LogP contribution in [0, 0.1) is 0 Å². The second-order valence-corrected chi connectivity index (χ2v) is 8.13. The van der Waals surface area contributed by atoms with E-state index in [1.807, 2.05) is 19.9 Å². The first-order valence-electron chi connectivity index (χ1n) is 10.0. The van der Waals surface area contributed by atoms with Crippen molar-refractivity contribution in [2.24, 2.45) is 0 Å². The molecule has 33 heavy (non-hydrogen) atoms. The van der Waals surface area contributed by atoms with Gasteiger partial charge in [0, 0.05) is 10.0 Å². The van der Waals surface area contributed by atoms with Gasteiger partial charge in [0.2, 0.25) is 0 Å². The number of para-hydroxylation sites is 1. The Morgan fingerprint density at radius 1 is 0.939 bits per heavy atom. The summed E-state index contributed by atoms with van der Waals surface area (Å²) in [6, 6.07) is 10.7. The first-order chi connectivity index (χ1) is 15.9. The maximum absolute atomic E-state index is 12.9. The fourth-order valence-electron chi connectivity index (χ4n) is 3.24. The molecule has 0 fully saturated rings. The summed E-state index contributed by atoms with van der Waals surface area (Å²) in [6.45, 7) is 4.53. The summed E-state index contributed by atoms with van der Waals surface area (Å²) < 4.78 is 24.0. The zero-order chi connectivity index (χ0) is 24.1. The molecule has 0 radical (unpaired) electrons. The standard InChI is InChI=1S/C23H22Br2N2O6/c1-5-32-15-12-14(17(24)18(25)21(15)33-6-2)19-16(22(28)30-3)20(23(29)31-4)27(26-19)13-10-8-7-9-11-13/h7-12H,5-6H2,1-4H3. The SMILES string of the molecule is CCOc1cc(-c2nn(-c3ccccc3)c(C(=O)OC)c2C(=O)OC)c(Br)c(Br)c1OCC. The van der Waals surface area contributed by atoms with E-state index in [1.165, 1.54) is 18.9 Å². The van der Waals surface area contributed by atoms with Crippen molar-refractivity contribution < 1.29 is 28.5 Å². The van der Waals surface area contributed by atoms with E-state index in [-0.39, 0.29) is 17.0 Å². The third-order valence-electron chi connectivity index (χ3n) is 4.63. The van der Waals surface area contributed by atoms with Gasteiger partial charge in [0.05, 0.1) is 37.6 Å². The topological polar surface area (TPSA) is 88.9 Å². The molecule has 3 aromatic rings. The zero-order valence-corrected chi connectivity index (χ0v) is 21.7. The van der Waals surface area contributed by atoms with Gasteiger partial charge in [0.1, 0.15) is 11.3 Å². The Hall–Kier alpha value is -2.85. The summed E-state index contributed by atoms with van der Waals surface area (Å²) in [7, 11) is 2.48. The number of halogens is 2. The molecule has 2 aromatic carbocycles. The van der Waals surface area contributed by atoms with Crippen LogP contribution in [0.25, 0.3) is 16.9 Å². The van der Waals surface area contributed by atoms with Gasteiger partial charge in [-0.2, -0.15) is 5.10 Å². The molecule has 0 saturated heterocycles. The smallest absolute Gasteiger partial charge is 0.357 e. The fourth-order valence-corrected chi connectivity index (χ4v) is 4.25. The Morgan fingerprint density at radius 2 is 1.58 bits per heavy atom. The third-order valence-corrected chi connectivity index (χ3v) is 6.74. The van der Waals surface area contributed by atoms with Crippen LogP contribution >= 0.6 is 31.9 Å². The van der Waals surface area contributed by atoms with Crippen LogP contribution in [-0.2, 0) is 9.47 Å². The highest BCUT2D eigenvalue weighted by atomic mass is 79.9. The summed E-state index contributed by atoms with van der Waals surface area (Å²) in [6.07, 6.45) is 0. The van der Waals surface area contributed by atoms with E-state index in [0.717, 1.165) is 0 Å². The van der Waals surface area contributed by atoms with Crippen LogP contribution in [0.1, 0.15) is 34.7 Å². The number of nitrogens with zero attached hydrogens (tertiary/aromatic N) is 2. The summed E-state index contributed by atoms with van der Waals surface area (Å²) >= 11 is 7.12. The van der Waals surface area contributed by atoms with Crippen molar-refractivity contribution in [3.63, 3.8) is 0 Å². The number of ether oxygens (including phenoxy) is 4. The summed E-state index contributed by atoms with van der Waals surface area (Å²) in [5.41, 5.74) is 1.19. The van der Waals surface area contributed by atoms with Crippen LogP contribution in [0.2, 0.25) is 0 Å². The minimum Gasteiger partial charge on any atom is -0.490 e. The number of hydrogen-bond donors (Lipinski definition) is 0. The first-order valence-corrected chi connectivity index (χ1v) is 11.6. The Morgan fingerprint density at radius 3 is 2.15 bits per heavy atom. The first kappa shape index (κ1) is 24.8. The van der Waals surface area contributed by atoms with E-state index >= 15 is 0 Å². The van der Waals surface area contributed by atoms with E-state index < -0.39 is 11.9 Å². The van der Waals surface area contributed by atoms with Crippen molar-refractivity contribution in [3.8, 4) is 28.4 Å². The Kier molecular flexibility index (Phi) is 8.15. The molecule has 0 spiro atoms. The van der Waals surface area contributed by atoms with Crippen LogP contribution < -0.4 is 9.47 Å². The van der Waals surface area contributed by atoms with Crippen LogP contribution in [0.5, 0.6) is 11.5 Å². The fraction of sp³-hybridized carbons (Fsp3) is 0.261. The Balaban J connectivity index is 2.41. The number of rotatable bonds is 8. The molecule has 0 aliphatic carbocycles. The van der Waals surface area contributed by atoms with Gasteiger partial charge in [0.25, 0.3) is 0 Å². The maximum atomic E-state index is 12.9. The highest BCUT2D eigenvalue weighted by Crippen LogP contribution is 2.47. The number of carbonyl (C=O) groups is 2. The second kappa shape index (κ2) is 10.8. The maximum Gasteiger partial charge on any atom is 0.357 e. The number of esters is 2.